The Balaban J connectivity index is 0. The predicted octanol–water partition coefficient (Wildman–Crippen LogP) is 1.58. The standard InChI is InChI=1S/C8H11NO2S.2ClH/c1-12(10,11)9-7-8-5-3-2-4-6-8;;/h2-6,9H,7H2,1H3;2*1H. The third kappa shape index (κ3) is 7.15. The van der Waals surface area contributed by atoms with Gasteiger partial charge in [0, 0.05) is 6.54 Å². The Morgan fingerprint density at radius 2 is 1.64 bits per heavy atom. The van der Waals surface area contributed by atoms with E-state index >= 15 is 0 Å². The summed E-state index contributed by atoms with van der Waals surface area (Å²) in [4.78, 5) is 0. The van der Waals surface area contributed by atoms with Crippen molar-refractivity contribution in [3.63, 3.8) is 0 Å². The van der Waals surface area contributed by atoms with Crippen LogP contribution >= 0.6 is 24.8 Å². The van der Waals surface area contributed by atoms with Gasteiger partial charge in [0.15, 0.2) is 0 Å². The van der Waals surface area contributed by atoms with Crippen LogP contribution in [0.1, 0.15) is 5.56 Å². The monoisotopic (exact) mass is 257 g/mol. The molecule has 0 fully saturated rings. The number of benzene rings is 1. The van der Waals surface area contributed by atoms with E-state index in [1.165, 1.54) is 0 Å². The van der Waals surface area contributed by atoms with Crippen molar-refractivity contribution in [3.05, 3.63) is 35.9 Å². The SMILES string of the molecule is CS(=O)(=O)NCc1ccccc1.Cl.Cl. The zero-order chi connectivity index (χ0) is 9.03. The molecule has 0 heterocycles. The smallest absolute Gasteiger partial charge is 0.209 e. The summed E-state index contributed by atoms with van der Waals surface area (Å²) in [6.07, 6.45) is 1.15. The molecule has 1 rings (SSSR count). The van der Waals surface area contributed by atoms with Crippen LogP contribution in [-0.2, 0) is 16.6 Å². The molecule has 0 saturated heterocycles. The number of sulfonamides is 1. The molecular weight excluding hydrogens is 245 g/mol. The zero-order valence-corrected chi connectivity index (χ0v) is 10.1. The average Bonchev–Trinajstić information content (AvgIpc) is 2.02. The molecule has 82 valence electrons. The summed E-state index contributed by atoms with van der Waals surface area (Å²) in [5, 5.41) is 0. The van der Waals surface area contributed by atoms with Crippen LogP contribution in [0.2, 0.25) is 0 Å². The third-order valence-electron chi connectivity index (χ3n) is 1.38. The molecule has 0 atom stereocenters. The second-order valence-corrected chi connectivity index (χ2v) is 4.41. The first kappa shape index (κ1) is 16.2. The van der Waals surface area contributed by atoms with Gasteiger partial charge in [0.2, 0.25) is 10.0 Å². The molecule has 6 heteroatoms. The van der Waals surface area contributed by atoms with Gasteiger partial charge in [-0.3, -0.25) is 0 Å². The Hall–Kier alpha value is -0.290. The lowest BCUT2D eigenvalue weighted by molar-refractivity contribution is 0.587. The summed E-state index contributed by atoms with van der Waals surface area (Å²) in [6, 6.07) is 9.39. The molecule has 1 N–H and O–H groups in total. The second kappa shape index (κ2) is 7.06. The highest BCUT2D eigenvalue weighted by atomic mass is 35.5. The lowest BCUT2D eigenvalue weighted by atomic mass is 10.2. The van der Waals surface area contributed by atoms with E-state index in [1.54, 1.807) is 0 Å². The van der Waals surface area contributed by atoms with Crippen LogP contribution < -0.4 is 4.72 Å². The van der Waals surface area contributed by atoms with Crippen LogP contribution in [0.3, 0.4) is 0 Å². The first-order valence-corrected chi connectivity index (χ1v) is 5.45. The molecule has 0 bridgehead atoms. The van der Waals surface area contributed by atoms with E-state index in [2.05, 4.69) is 4.72 Å². The van der Waals surface area contributed by atoms with Crippen molar-refractivity contribution >= 4 is 34.8 Å². The van der Waals surface area contributed by atoms with Gasteiger partial charge in [0.1, 0.15) is 0 Å². The molecule has 0 aliphatic carbocycles. The molecule has 0 spiro atoms. The Kier molecular flexibility index (Phi) is 8.15. The highest BCUT2D eigenvalue weighted by Gasteiger charge is 1.98. The minimum Gasteiger partial charge on any atom is -0.213 e. The number of hydrogen-bond donors (Lipinski definition) is 1. The number of nitrogens with one attached hydrogen (secondary N) is 1. The van der Waals surface area contributed by atoms with Gasteiger partial charge in [-0.2, -0.15) is 0 Å². The molecule has 0 saturated carbocycles. The van der Waals surface area contributed by atoms with Gasteiger partial charge in [0.25, 0.3) is 0 Å². The van der Waals surface area contributed by atoms with Crippen LogP contribution in [0.5, 0.6) is 0 Å². The van der Waals surface area contributed by atoms with Gasteiger partial charge >= 0.3 is 0 Å². The minimum atomic E-state index is -3.07. The molecule has 0 aromatic heterocycles. The van der Waals surface area contributed by atoms with E-state index in [1.807, 2.05) is 30.3 Å². The van der Waals surface area contributed by atoms with Gasteiger partial charge in [-0.05, 0) is 5.56 Å². The molecule has 0 unspecified atom stereocenters. The molecular formula is C8H13Cl2NO2S. The van der Waals surface area contributed by atoms with Gasteiger partial charge in [-0.1, -0.05) is 30.3 Å². The average molecular weight is 258 g/mol. The lowest BCUT2D eigenvalue weighted by Gasteiger charge is -2.00. The van der Waals surface area contributed by atoms with Gasteiger partial charge < -0.3 is 0 Å². The van der Waals surface area contributed by atoms with Crippen molar-refractivity contribution in [2.24, 2.45) is 0 Å². The molecule has 0 amide bonds. The van der Waals surface area contributed by atoms with Crippen molar-refractivity contribution in [3.8, 4) is 0 Å². The fourth-order valence-electron chi connectivity index (χ4n) is 0.810. The summed E-state index contributed by atoms with van der Waals surface area (Å²) >= 11 is 0. The maximum Gasteiger partial charge on any atom is 0.209 e. The van der Waals surface area contributed by atoms with Gasteiger partial charge in [-0.15, -0.1) is 24.8 Å². The van der Waals surface area contributed by atoms with Crippen LogP contribution in [0, 0.1) is 0 Å². The van der Waals surface area contributed by atoms with Crippen LogP contribution in [-0.4, -0.2) is 14.7 Å². The summed E-state index contributed by atoms with van der Waals surface area (Å²) in [5.41, 5.74) is 0.961. The molecule has 14 heavy (non-hydrogen) atoms. The van der Waals surface area contributed by atoms with Crippen molar-refractivity contribution in [1.29, 1.82) is 0 Å². The largest absolute Gasteiger partial charge is 0.213 e. The Morgan fingerprint density at radius 3 is 2.07 bits per heavy atom. The highest BCUT2D eigenvalue weighted by Crippen LogP contribution is 1.97. The fraction of sp³-hybridized carbons (Fsp3) is 0.250. The molecule has 1 aromatic carbocycles. The molecule has 3 nitrogen and oxygen atoms in total. The third-order valence-corrected chi connectivity index (χ3v) is 2.05. The first-order valence-electron chi connectivity index (χ1n) is 3.56. The summed E-state index contributed by atoms with van der Waals surface area (Å²) in [7, 11) is -3.07. The van der Waals surface area contributed by atoms with E-state index in [4.69, 9.17) is 0 Å². The van der Waals surface area contributed by atoms with Crippen LogP contribution in [0.25, 0.3) is 0 Å². The number of rotatable bonds is 3. The summed E-state index contributed by atoms with van der Waals surface area (Å²) < 4.78 is 23.8. The van der Waals surface area contributed by atoms with E-state index in [9.17, 15) is 8.42 Å². The molecule has 0 aliphatic rings. The maximum absolute atomic E-state index is 10.7. The predicted molar refractivity (Wildman–Crippen MR) is 62.6 cm³/mol. The van der Waals surface area contributed by atoms with Crippen LogP contribution in [0.15, 0.2) is 30.3 Å². The van der Waals surface area contributed by atoms with Crippen molar-refractivity contribution in [2.75, 3.05) is 6.26 Å². The van der Waals surface area contributed by atoms with Crippen molar-refractivity contribution < 1.29 is 8.42 Å². The Morgan fingerprint density at radius 1 is 1.14 bits per heavy atom. The van der Waals surface area contributed by atoms with E-state index in [-0.39, 0.29) is 24.8 Å². The highest BCUT2D eigenvalue weighted by molar-refractivity contribution is 7.88. The minimum absolute atomic E-state index is 0. The Labute approximate surface area is 96.8 Å². The van der Waals surface area contributed by atoms with E-state index < -0.39 is 10.0 Å². The topological polar surface area (TPSA) is 46.2 Å². The fourth-order valence-corrected chi connectivity index (χ4v) is 1.24. The summed E-state index contributed by atoms with van der Waals surface area (Å²) in [5.74, 6) is 0. The normalized spacial score (nSPS) is 9.79. The summed E-state index contributed by atoms with van der Waals surface area (Å²) in [6.45, 7) is 0.361. The van der Waals surface area contributed by atoms with Gasteiger partial charge in [0.05, 0.1) is 6.26 Å². The van der Waals surface area contributed by atoms with E-state index in [0.29, 0.717) is 6.54 Å². The van der Waals surface area contributed by atoms with E-state index in [0.717, 1.165) is 11.8 Å². The number of halogens is 2. The zero-order valence-electron chi connectivity index (χ0n) is 7.64. The Bertz CT molecular complexity index is 340. The molecule has 1 aromatic rings. The van der Waals surface area contributed by atoms with Crippen molar-refractivity contribution in [2.45, 2.75) is 6.54 Å². The second-order valence-electron chi connectivity index (χ2n) is 2.58. The molecule has 0 aliphatic heterocycles. The van der Waals surface area contributed by atoms with Crippen LogP contribution in [0.4, 0.5) is 0 Å². The van der Waals surface area contributed by atoms with Crippen molar-refractivity contribution in [1.82, 2.24) is 4.72 Å². The number of hydrogen-bond acceptors (Lipinski definition) is 2. The van der Waals surface area contributed by atoms with Gasteiger partial charge in [-0.25, -0.2) is 13.1 Å². The molecule has 0 radical (unpaired) electrons. The maximum atomic E-state index is 10.7. The lowest BCUT2D eigenvalue weighted by Crippen LogP contribution is -2.20. The quantitative estimate of drug-likeness (QED) is 0.894. The first-order chi connectivity index (χ1) is 5.58.